The number of carboxylic acids is 1. The van der Waals surface area contributed by atoms with Crippen LogP contribution in [-0.4, -0.2) is 52.1 Å². The number of carboxylic acid groups (broad SMARTS) is 1. The van der Waals surface area contributed by atoms with Crippen LogP contribution >= 0.6 is 11.8 Å². The molecule has 8 heteroatoms. The lowest BCUT2D eigenvalue weighted by Gasteiger charge is -2.33. The zero-order valence-corrected chi connectivity index (χ0v) is 11.8. The molecule has 2 aliphatic rings. The highest BCUT2D eigenvalue weighted by molar-refractivity contribution is 7.99. The Kier molecular flexibility index (Phi) is 3.46. The number of hydrogen-bond acceptors (Lipinski definition) is 4. The maximum atomic E-state index is 12.6. The molecule has 110 valence electrons. The molecule has 0 saturated carbocycles. The molecule has 0 radical (unpaired) electrons. The number of carbonyl (C=O) groups is 3. The number of benzene rings is 1. The van der Waals surface area contributed by atoms with E-state index in [9.17, 15) is 19.5 Å². The summed E-state index contributed by atoms with van der Waals surface area (Å²) in [5.74, 6) is -0.636. The van der Waals surface area contributed by atoms with E-state index >= 15 is 0 Å². The molecule has 1 aromatic rings. The Bertz CT molecular complexity index is 621. The number of hydrogen-bond donors (Lipinski definition) is 2. The van der Waals surface area contributed by atoms with Crippen LogP contribution in [0, 0.1) is 0 Å². The number of fused-ring (bicyclic) bond motifs is 1. The Morgan fingerprint density at radius 2 is 2.10 bits per heavy atom. The van der Waals surface area contributed by atoms with Gasteiger partial charge in [-0.25, -0.2) is 9.59 Å². The maximum absolute atomic E-state index is 12.6. The van der Waals surface area contributed by atoms with Crippen molar-refractivity contribution in [2.45, 2.75) is 6.04 Å². The average Bonchev–Trinajstić information content (AvgIpc) is 2.95. The van der Waals surface area contributed by atoms with Crippen LogP contribution in [-0.2, 0) is 9.59 Å². The Morgan fingerprint density at radius 3 is 2.86 bits per heavy atom. The Hall–Kier alpha value is -2.22. The first kappa shape index (κ1) is 13.7. The van der Waals surface area contributed by atoms with Crippen molar-refractivity contribution in [1.82, 2.24) is 4.90 Å². The lowest BCUT2D eigenvalue weighted by atomic mass is 10.2. The fourth-order valence-corrected chi connectivity index (χ4v) is 3.53. The second-order valence-corrected chi connectivity index (χ2v) is 5.76. The molecule has 1 aromatic carbocycles. The van der Waals surface area contributed by atoms with E-state index in [0.717, 1.165) is 0 Å². The van der Waals surface area contributed by atoms with Gasteiger partial charge in [0.1, 0.15) is 12.6 Å². The summed E-state index contributed by atoms with van der Waals surface area (Å²) in [6.07, 6.45) is 0. The highest BCUT2D eigenvalue weighted by Crippen LogP contribution is 2.31. The summed E-state index contributed by atoms with van der Waals surface area (Å²) < 4.78 is 0. The number of rotatable bonds is 1. The van der Waals surface area contributed by atoms with Crippen molar-refractivity contribution in [3.05, 3.63) is 24.3 Å². The van der Waals surface area contributed by atoms with Crippen molar-refractivity contribution in [3.8, 4) is 0 Å². The molecule has 3 rings (SSSR count). The standard InChI is InChI=1S/C13H13N3O4S/c17-11-5-15(9-4-2-1-3-8(9)14-11)13(20)16-7-21-6-10(16)12(18)19/h1-4,10H,5-7H2,(H,14,17)(H,18,19). The summed E-state index contributed by atoms with van der Waals surface area (Å²) in [5.41, 5.74) is 1.14. The molecule has 0 aromatic heterocycles. The van der Waals surface area contributed by atoms with E-state index in [0.29, 0.717) is 23.0 Å². The summed E-state index contributed by atoms with van der Waals surface area (Å²) in [7, 11) is 0. The van der Waals surface area contributed by atoms with Crippen LogP contribution in [0.1, 0.15) is 0 Å². The topological polar surface area (TPSA) is 90.0 Å². The first-order valence-corrected chi connectivity index (χ1v) is 7.51. The molecule has 2 N–H and O–H groups in total. The van der Waals surface area contributed by atoms with E-state index < -0.39 is 18.0 Å². The fourth-order valence-electron chi connectivity index (χ4n) is 2.39. The molecule has 0 spiro atoms. The number of urea groups is 1. The Balaban J connectivity index is 1.91. The van der Waals surface area contributed by atoms with Crippen molar-refractivity contribution in [3.63, 3.8) is 0 Å². The summed E-state index contributed by atoms with van der Waals surface area (Å²) in [4.78, 5) is 38.2. The van der Waals surface area contributed by atoms with Gasteiger partial charge in [0.2, 0.25) is 5.91 Å². The van der Waals surface area contributed by atoms with Gasteiger partial charge in [-0.3, -0.25) is 9.69 Å². The molecule has 0 bridgehead atoms. The summed E-state index contributed by atoms with van der Waals surface area (Å²) in [5, 5.41) is 11.9. The monoisotopic (exact) mass is 307 g/mol. The molecule has 1 atom stereocenters. The predicted octanol–water partition coefficient (Wildman–Crippen LogP) is 1.02. The van der Waals surface area contributed by atoms with Crippen LogP contribution in [0.2, 0.25) is 0 Å². The Morgan fingerprint density at radius 1 is 1.33 bits per heavy atom. The van der Waals surface area contributed by atoms with E-state index in [2.05, 4.69) is 5.32 Å². The second-order valence-electron chi connectivity index (χ2n) is 4.76. The van der Waals surface area contributed by atoms with Gasteiger partial charge in [0.25, 0.3) is 0 Å². The van der Waals surface area contributed by atoms with Crippen molar-refractivity contribution >= 4 is 41.0 Å². The second kappa shape index (κ2) is 5.28. The largest absolute Gasteiger partial charge is 0.480 e. The lowest BCUT2D eigenvalue weighted by Crippen LogP contribution is -2.52. The lowest BCUT2D eigenvalue weighted by molar-refractivity contribution is -0.140. The highest BCUT2D eigenvalue weighted by atomic mass is 32.2. The zero-order valence-electron chi connectivity index (χ0n) is 11.0. The number of nitrogens with one attached hydrogen (secondary N) is 1. The molecular weight excluding hydrogens is 294 g/mol. The van der Waals surface area contributed by atoms with Crippen molar-refractivity contribution in [1.29, 1.82) is 0 Å². The van der Waals surface area contributed by atoms with E-state index in [4.69, 9.17) is 0 Å². The van der Waals surface area contributed by atoms with Crippen LogP contribution in [0.3, 0.4) is 0 Å². The number of anilines is 2. The summed E-state index contributed by atoms with van der Waals surface area (Å²) in [6.45, 7) is -0.108. The maximum Gasteiger partial charge on any atom is 0.327 e. The number of nitrogens with zero attached hydrogens (tertiary/aromatic N) is 2. The molecule has 7 nitrogen and oxygen atoms in total. The predicted molar refractivity (Wildman–Crippen MR) is 78.4 cm³/mol. The number of carbonyl (C=O) groups excluding carboxylic acids is 2. The molecule has 21 heavy (non-hydrogen) atoms. The minimum absolute atomic E-state index is 0.108. The molecule has 1 unspecified atom stereocenters. The van der Waals surface area contributed by atoms with Crippen molar-refractivity contribution < 1.29 is 19.5 Å². The van der Waals surface area contributed by atoms with Gasteiger partial charge in [-0.05, 0) is 12.1 Å². The molecule has 2 heterocycles. The van der Waals surface area contributed by atoms with E-state index in [-0.39, 0.29) is 12.5 Å². The van der Waals surface area contributed by atoms with Gasteiger partial charge in [0.15, 0.2) is 0 Å². The van der Waals surface area contributed by atoms with Crippen LogP contribution in [0.15, 0.2) is 24.3 Å². The van der Waals surface area contributed by atoms with Gasteiger partial charge in [-0.15, -0.1) is 11.8 Å². The van der Waals surface area contributed by atoms with Crippen LogP contribution in [0.5, 0.6) is 0 Å². The van der Waals surface area contributed by atoms with Gasteiger partial charge in [0.05, 0.1) is 17.3 Å². The van der Waals surface area contributed by atoms with Gasteiger partial charge in [-0.2, -0.15) is 0 Å². The third-order valence-electron chi connectivity index (χ3n) is 3.41. The minimum Gasteiger partial charge on any atom is -0.480 e. The van der Waals surface area contributed by atoms with Crippen LogP contribution in [0.4, 0.5) is 16.2 Å². The number of aliphatic carboxylic acids is 1. The van der Waals surface area contributed by atoms with Gasteiger partial charge in [0, 0.05) is 5.75 Å². The first-order chi connectivity index (χ1) is 10.1. The number of para-hydroxylation sites is 2. The van der Waals surface area contributed by atoms with Gasteiger partial charge < -0.3 is 15.3 Å². The van der Waals surface area contributed by atoms with Crippen LogP contribution < -0.4 is 10.2 Å². The van der Waals surface area contributed by atoms with Gasteiger partial charge >= 0.3 is 12.0 Å². The third kappa shape index (κ3) is 2.42. The fraction of sp³-hybridized carbons (Fsp3) is 0.308. The van der Waals surface area contributed by atoms with Crippen LogP contribution in [0.25, 0.3) is 0 Å². The minimum atomic E-state index is -1.02. The van der Waals surface area contributed by atoms with E-state index in [1.54, 1.807) is 24.3 Å². The zero-order chi connectivity index (χ0) is 15.0. The number of thioether (sulfide) groups is 1. The number of amides is 3. The molecule has 0 aliphatic carbocycles. The van der Waals surface area contributed by atoms with E-state index in [1.165, 1.54) is 21.6 Å². The van der Waals surface area contributed by atoms with E-state index in [1.807, 2.05) is 0 Å². The normalized spacial score (nSPS) is 21.0. The average molecular weight is 307 g/mol. The summed E-state index contributed by atoms with van der Waals surface area (Å²) >= 11 is 1.39. The summed E-state index contributed by atoms with van der Waals surface area (Å²) in [6, 6.07) is 5.67. The van der Waals surface area contributed by atoms with Crippen molar-refractivity contribution in [2.75, 3.05) is 28.4 Å². The molecule has 1 fully saturated rings. The molecule has 3 amide bonds. The highest BCUT2D eigenvalue weighted by Gasteiger charge is 2.39. The molecule has 2 aliphatic heterocycles. The Labute approximate surface area is 124 Å². The molecule has 1 saturated heterocycles. The third-order valence-corrected chi connectivity index (χ3v) is 4.43. The van der Waals surface area contributed by atoms with Gasteiger partial charge in [-0.1, -0.05) is 12.1 Å². The molecular formula is C13H13N3O4S. The smallest absolute Gasteiger partial charge is 0.327 e. The quantitative estimate of drug-likeness (QED) is 0.808. The van der Waals surface area contributed by atoms with Crippen molar-refractivity contribution in [2.24, 2.45) is 0 Å². The first-order valence-electron chi connectivity index (χ1n) is 6.35. The SMILES string of the molecule is O=C1CN(C(=O)N2CSCC2C(=O)O)c2ccccc2N1.